The van der Waals surface area contributed by atoms with Crippen LogP contribution in [0.4, 0.5) is 0 Å². The van der Waals surface area contributed by atoms with Gasteiger partial charge < -0.3 is 0 Å². The molecule has 0 aliphatic carbocycles. The van der Waals surface area contributed by atoms with Crippen molar-refractivity contribution in [1.29, 1.82) is 0 Å². The summed E-state index contributed by atoms with van der Waals surface area (Å²) in [4.78, 5) is 11.2. The lowest BCUT2D eigenvalue weighted by Crippen LogP contribution is -2.33. The second-order valence-corrected chi connectivity index (χ2v) is 4.08. The van der Waals surface area contributed by atoms with Crippen molar-refractivity contribution in [3.05, 3.63) is 33.8 Å². The fourth-order valence-corrected chi connectivity index (χ4v) is 1.65. The lowest BCUT2D eigenvalue weighted by molar-refractivity contribution is -0.130. The minimum absolute atomic E-state index is 0.124. The van der Waals surface area contributed by atoms with Gasteiger partial charge in [0, 0.05) is 23.5 Å². The van der Waals surface area contributed by atoms with Gasteiger partial charge in [0.15, 0.2) is 0 Å². The number of amides is 1. The SMILES string of the molecule is CN(N)C(=O)CCc1ccc(Cl)cc1Cl. The van der Waals surface area contributed by atoms with Crippen molar-refractivity contribution in [2.45, 2.75) is 12.8 Å². The number of hydrogen-bond donors (Lipinski definition) is 1. The third kappa shape index (κ3) is 3.70. The molecule has 0 saturated carbocycles. The molecule has 15 heavy (non-hydrogen) atoms. The standard InChI is InChI=1S/C10H12Cl2N2O/c1-14(13)10(15)5-3-7-2-4-8(11)6-9(7)12/h2,4,6H,3,5,13H2,1H3. The first-order valence-electron chi connectivity index (χ1n) is 4.46. The highest BCUT2D eigenvalue weighted by Gasteiger charge is 2.07. The molecule has 1 rings (SSSR count). The summed E-state index contributed by atoms with van der Waals surface area (Å²) >= 11 is 11.7. The fourth-order valence-electron chi connectivity index (χ4n) is 1.14. The summed E-state index contributed by atoms with van der Waals surface area (Å²) in [5.74, 6) is 5.17. The van der Waals surface area contributed by atoms with Crippen LogP contribution in [0.1, 0.15) is 12.0 Å². The van der Waals surface area contributed by atoms with Crippen molar-refractivity contribution in [2.24, 2.45) is 5.84 Å². The van der Waals surface area contributed by atoms with Gasteiger partial charge in [0.25, 0.3) is 0 Å². The van der Waals surface area contributed by atoms with Gasteiger partial charge in [-0.05, 0) is 24.1 Å². The van der Waals surface area contributed by atoms with Crippen molar-refractivity contribution in [1.82, 2.24) is 5.01 Å². The zero-order chi connectivity index (χ0) is 11.4. The predicted octanol–water partition coefficient (Wildman–Crippen LogP) is 2.26. The lowest BCUT2D eigenvalue weighted by atomic mass is 10.1. The Morgan fingerprint density at radius 2 is 2.13 bits per heavy atom. The van der Waals surface area contributed by atoms with E-state index in [-0.39, 0.29) is 5.91 Å². The summed E-state index contributed by atoms with van der Waals surface area (Å²) in [6.45, 7) is 0. The summed E-state index contributed by atoms with van der Waals surface area (Å²) < 4.78 is 0. The molecule has 2 N–H and O–H groups in total. The van der Waals surface area contributed by atoms with Crippen molar-refractivity contribution < 1.29 is 4.79 Å². The molecule has 5 heteroatoms. The number of hydrogen-bond acceptors (Lipinski definition) is 2. The van der Waals surface area contributed by atoms with Gasteiger partial charge >= 0.3 is 0 Å². The number of halogens is 2. The van der Waals surface area contributed by atoms with Gasteiger partial charge in [-0.25, -0.2) is 5.84 Å². The Morgan fingerprint density at radius 3 is 2.67 bits per heavy atom. The van der Waals surface area contributed by atoms with Crippen LogP contribution in [-0.4, -0.2) is 18.0 Å². The number of rotatable bonds is 3. The molecule has 0 saturated heterocycles. The van der Waals surface area contributed by atoms with Crippen molar-refractivity contribution in [3.63, 3.8) is 0 Å². The van der Waals surface area contributed by atoms with E-state index in [1.807, 2.05) is 6.07 Å². The maximum atomic E-state index is 11.2. The lowest BCUT2D eigenvalue weighted by Gasteiger charge is -2.10. The van der Waals surface area contributed by atoms with Gasteiger partial charge in [0.1, 0.15) is 0 Å². The Bertz CT molecular complexity index is 366. The minimum Gasteiger partial charge on any atom is -0.284 e. The Kier molecular flexibility index (Phi) is 4.39. The number of nitrogens with zero attached hydrogens (tertiary/aromatic N) is 1. The second-order valence-electron chi connectivity index (χ2n) is 3.24. The highest BCUT2D eigenvalue weighted by molar-refractivity contribution is 6.35. The topological polar surface area (TPSA) is 46.3 Å². The molecule has 0 aliphatic heterocycles. The summed E-state index contributed by atoms with van der Waals surface area (Å²) in [5, 5.41) is 2.24. The first kappa shape index (κ1) is 12.3. The Labute approximate surface area is 98.7 Å². The first-order valence-corrected chi connectivity index (χ1v) is 5.21. The molecule has 1 aromatic rings. The molecular formula is C10H12Cl2N2O. The van der Waals surface area contributed by atoms with Crippen molar-refractivity contribution in [2.75, 3.05) is 7.05 Å². The highest BCUT2D eigenvalue weighted by Crippen LogP contribution is 2.22. The molecule has 0 fully saturated rings. The van der Waals surface area contributed by atoms with E-state index in [1.54, 1.807) is 12.1 Å². The number of carbonyl (C=O) groups excluding carboxylic acids is 1. The minimum atomic E-state index is -0.124. The summed E-state index contributed by atoms with van der Waals surface area (Å²) in [5.41, 5.74) is 0.899. The van der Waals surface area contributed by atoms with Crippen LogP contribution in [0.2, 0.25) is 10.0 Å². The van der Waals surface area contributed by atoms with Crippen LogP contribution in [0.5, 0.6) is 0 Å². The summed E-state index contributed by atoms with van der Waals surface area (Å²) in [7, 11) is 1.52. The van der Waals surface area contributed by atoms with Crippen LogP contribution in [0.15, 0.2) is 18.2 Å². The molecular weight excluding hydrogens is 235 g/mol. The van der Waals surface area contributed by atoms with E-state index in [1.165, 1.54) is 7.05 Å². The molecule has 0 unspecified atom stereocenters. The van der Waals surface area contributed by atoms with E-state index in [9.17, 15) is 4.79 Å². The van der Waals surface area contributed by atoms with E-state index in [0.29, 0.717) is 22.9 Å². The van der Waals surface area contributed by atoms with Crippen LogP contribution < -0.4 is 5.84 Å². The maximum Gasteiger partial charge on any atom is 0.236 e. The van der Waals surface area contributed by atoms with Crippen LogP contribution in [-0.2, 0) is 11.2 Å². The normalized spacial score (nSPS) is 10.1. The van der Waals surface area contributed by atoms with Gasteiger partial charge in [-0.2, -0.15) is 0 Å². The van der Waals surface area contributed by atoms with Crippen molar-refractivity contribution in [3.8, 4) is 0 Å². The number of nitrogens with two attached hydrogens (primary N) is 1. The van der Waals surface area contributed by atoms with Gasteiger partial charge in [-0.3, -0.25) is 9.80 Å². The number of aryl methyl sites for hydroxylation is 1. The molecule has 0 bridgehead atoms. The third-order valence-electron chi connectivity index (χ3n) is 2.02. The molecule has 0 heterocycles. The monoisotopic (exact) mass is 246 g/mol. The fraction of sp³-hybridized carbons (Fsp3) is 0.300. The zero-order valence-corrected chi connectivity index (χ0v) is 9.85. The van der Waals surface area contributed by atoms with E-state index in [2.05, 4.69) is 0 Å². The van der Waals surface area contributed by atoms with E-state index in [4.69, 9.17) is 29.0 Å². The molecule has 1 aromatic carbocycles. The first-order chi connectivity index (χ1) is 7.00. The van der Waals surface area contributed by atoms with Crippen LogP contribution >= 0.6 is 23.2 Å². The molecule has 0 spiro atoms. The molecule has 1 amide bonds. The second kappa shape index (κ2) is 5.35. The molecule has 0 radical (unpaired) electrons. The van der Waals surface area contributed by atoms with Crippen LogP contribution in [0.25, 0.3) is 0 Å². The molecule has 0 aliphatic rings. The van der Waals surface area contributed by atoms with E-state index >= 15 is 0 Å². The van der Waals surface area contributed by atoms with E-state index < -0.39 is 0 Å². The Hall–Kier alpha value is -0.770. The molecule has 0 aromatic heterocycles. The van der Waals surface area contributed by atoms with Gasteiger partial charge in [0.05, 0.1) is 0 Å². The van der Waals surface area contributed by atoms with Crippen LogP contribution in [0.3, 0.4) is 0 Å². The predicted molar refractivity (Wildman–Crippen MR) is 61.7 cm³/mol. The molecule has 0 atom stereocenters. The average molecular weight is 247 g/mol. The number of carbonyl (C=O) groups is 1. The molecule has 3 nitrogen and oxygen atoms in total. The number of hydrazine groups is 1. The maximum absolute atomic E-state index is 11.2. The molecule has 82 valence electrons. The third-order valence-corrected chi connectivity index (χ3v) is 2.60. The number of benzene rings is 1. The Morgan fingerprint density at radius 1 is 1.47 bits per heavy atom. The van der Waals surface area contributed by atoms with E-state index in [0.717, 1.165) is 10.6 Å². The zero-order valence-electron chi connectivity index (χ0n) is 8.34. The smallest absolute Gasteiger partial charge is 0.236 e. The van der Waals surface area contributed by atoms with Gasteiger partial charge in [0.2, 0.25) is 5.91 Å². The summed E-state index contributed by atoms with van der Waals surface area (Å²) in [6, 6.07) is 5.23. The average Bonchev–Trinajstić information content (AvgIpc) is 2.15. The largest absolute Gasteiger partial charge is 0.284 e. The van der Waals surface area contributed by atoms with Gasteiger partial charge in [-0.15, -0.1) is 0 Å². The Balaban J connectivity index is 2.62. The quantitative estimate of drug-likeness (QED) is 0.506. The summed E-state index contributed by atoms with van der Waals surface area (Å²) in [6.07, 6.45) is 0.907. The highest BCUT2D eigenvalue weighted by atomic mass is 35.5. The van der Waals surface area contributed by atoms with Gasteiger partial charge in [-0.1, -0.05) is 29.3 Å². The van der Waals surface area contributed by atoms with Crippen molar-refractivity contribution >= 4 is 29.1 Å². The van der Waals surface area contributed by atoms with Crippen LogP contribution in [0, 0.1) is 0 Å².